The van der Waals surface area contributed by atoms with Gasteiger partial charge in [0, 0.05) is 13.2 Å². The summed E-state index contributed by atoms with van der Waals surface area (Å²) in [5.74, 6) is 0. The Labute approximate surface area is 92.5 Å². The van der Waals surface area contributed by atoms with Crippen molar-refractivity contribution in [1.82, 2.24) is 4.90 Å². The first kappa shape index (κ1) is 12.2. The molecule has 1 saturated heterocycles. The zero-order chi connectivity index (χ0) is 10.9. The van der Waals surface area contributed by atoms with E-state index in [0.29, 0.717) is 0 Å². The van der Waals surface area contributed by atoms with Crippen LogP contribution < -0.4 is 0 Å². The van der Waals surface area contributed by atoms with E-state index in [1.54, 1.807) is 6.92 Å². The van der Waals surface area contributed by atoms with Crippen LogP contribution in [0, 0.1) is 0 Å². The van der Waals surface area contributed by atoms with Crippen LogP contribution in [0.4, 0.5) is 0 Å². The van der Waals surface area contributed by atoms with Crippen molar-refractivity contribution < 1.29 is 5.11 Å². The first-order chi connectivity index (χ1) is 7.36. The van der Waals surface area contributed by atoms with Gasteiger partial charge in [0.2, 0.25) is 0 Å². The second-order valence-corrected chi connectivity index (χ2v) is 3.79. The van der Waals surface area contributed by atoms with Crippen molar-refractivity contribution in [1.29, 1.82) is 0 Å². The topological polar surface area (TPSA) is 23.5 Å². The number of aliphatic hydroxyl groups is 1. The van der Waals surface area contributed by atoms with E-state index in [0.717, 1.165) is 6.54 Å². The molecule has 0 bridgehead atoms. The predicted octanol–water partition coefficient (Wildman–Crippen LogP) is 2.28. The van der Waals surface area contributed by atoms with Gasteiger partial charge in [0.1, 0.15) is 0 Å². The molecule has 0 spiro atoms. The van der Waals surface area contributed by atoms with Gasteiger partial charge in [-0.3, -0.25) is 4.90 Å². The Balaban J connectivity index is 0.000000337. The average molecular weight is 207 g/mol. The summed E-state index contributed by atoms with van der Waals surface area (Å²) < 4.78 is 0. The zero-order valence-electron chi connectivity index (χ0n) is 9.52. The Morgan fingerprint density at radius 2 is 1.67 bits per heavy atom. The van der Waals surface area contributed by atoms with Gasteiger partial charge in [-0.2, -0.15) is 0 Å². The molecule has 1 aliphatic rings. The highest BCUT2D eigenvalue weighted by atomic mass is 16.2. The normalized spacial score (nSPS) is 15.9. The molecule has 84 valence electrons. The second kappa shape index (κ2) is 7.43. The highest BCUT2D eigenvalue weighted by molar-refractivity contribution is 5.14. The van der Waals surface area contributed by atoms with Gasteiger partial charge in [-0.1, -0.05) is 30.3 Å². The van der Waals surface area contributed by atoms with Crippen LogP contribution >= 0.6 is 0 Å². The lowest BCUT2D eigenvalue weighted by Crippen LogP contribution is -2.18. The standard InChI is InChI=1S/C11H15N.C2H6O/c1-2-6-11(7-3-1)10-12-8-4-5-9-12;1-2-3/h1-3,6-7H,4-5,8-10H2;3H,2H2,1H3. The first-order valence-electron chi connectivity index (χ1n) is 5.74. The van der Waals surface area contributed by atoms with Crippen LogP contribution in [0.15, 0.2) is 30.3 Å². The van der Waals surface area contributed by atoms with Gasteiger partial charge in [-0.05, 0) is 38.4 Å². The van der Waals surface area contributed by atoms with Crippen LogP contribution in [-0.2, 0) is 6.54 Å². The predicted molar refractivity (Wildman–Crippen MR) is 63.7 cm³/mol. The second-order valence-electron chi connectivity index (χ2n) is 3.79. The molecule has 1 heterocycles. The van der Waals surface area contributed by atoms with Crippen LogP contribution in [0.3, 0.4) is 0 Å². The van der Waals surface area contributed by atoms with Crippen LogP contribution in [0.1, 0.15) is 25.3 Å². The molecule has 15 heavy (non-hydrogen) atoms. The van der Waals surface area contributed by atoms with Gasteiger partial charge in [0.25, 0.3) is 0 Å². The Morgan fingerprint density at radius 1 is 1.13 bits per heavy atom. The summed E-state index contributed by atoms with van der Waals surface area (Å²) in [6, 6.07) is 10.7. The minimum Gasteiger partial charge on any atom is -0.397 e. The minimum atomic E-state index is 0.250. The lowest BCUT2D eigenvalue weighted by molar-refractivity contribution is 0.318. The van der Waals surface area contributed by atoms with Crippen molar-refractivity contribution in [3.8, 4) is 0 Å². The maximum atomic E-state index is 7.57. The van der Waals surface area contributed by atoms with Crippen molar-refractivity contribution in [2.75, 3.05) is 19.7 Å². The Morgan fingerprint density at radius 3 is 2.20 bits per heavy atom. The molecular weight excluding hydrogens is 186 g/mol. The molecular formula is C13H21NO. The van der Waals surface area contributed by atoms with Gasteiger partial charge in [-0.25, -0.2) is 0 Å². The van der Waals surface area contributed by atoms with Crippen molar-refractivity contribution in [3.63, 3.8) is 0 Å². The fourth-order valence-corrected chi connectivity index (χ4v) is 1.78. The summed E-state index contributed by atoms with van der Waals surface area (Å²) in [7, 11) is 0. The molecule has 0 aromatic heterocycles. The Bertz CT molecular complexity index is 242. The molecule has 2 nitrogen and oxygen atoms in total. The van der Waals surface area contributed by atoms with E-state index < -0.39 is 0 Å². The molecule has 1 fully saturated rings. The third-order valence-electron chi connectivity index (χ3n) is 2.45. The van der Waals surface area contributed by atoms with E-state index in [-0.39, 0.29) is 6.61 Å². The number of aliphatic hydroxyl groups excluding tert-OH is 1. The molecule has 1 aliphatic heterocycles. The molecule has 0 radical (unpaired) electrons. The van der Waals surface area contributed by atoms with Crippen LogP contribution in [-0.4, -0.2) is 29.7 Å². The lowest BCUT2D eigenvalue weighted by Gasteiger charge is -2.13. The number of likely N-dealkylation sites (tertiary alicyclic amines) is 1. The van der Waals surface area contributed by atoms with E-state index in [1.807, 2.05) is 0 Å². The summed E-state index contributed by atoms with van der Waals surface area (Å²) in [6.07, 6.45) is 2.76. The minimum absolute atomic E-state index is 0.250. The highest BCUT2D eigenvalue weighted by Gasteiger charge is 2.10. The third-order valence-corrected chi connectivity index (χ3v) is 2.45. The summed E-state index contributed by atoms with van der Waals surface area (Å²) >= 11 is 0. The van der Waals surface area contributed by atoms with E-state index >= 15 is 0 Å². The van der Waals surface area contributed by atoms with Crippen molar-refractivity contribution >= 4 is 0 Å². The van der Waals surface area contributed by atoms with Gasteiger partial charge in [-0.15, -0.1) is 0 Å². The monoisotopic (exact) mass is 207 g/mol. The summed E-state index contributed by atoms with van der Waals surface area (Å²) in [5.41, 5.74) is 1.44. The molecule has 1 aromatic carbocycles. The van der Waals surface area contributed by atoms with Crippen molar-refractivity contribution in [2.45, 2.75) is 26.3 Å². The Hall–Kier alpha value is -0.860. The summed E-state index contributed by atoms with van der Waals surface area (Å²) in [5, 5.41) is 7.57. The third kappa shape index (κ3) is 4.96. The highest BCUT2D eigenvalue weighted by Crippen LogP contribution is 2.11. The van der Waals surface area contributed by atoms with Crippen LogP contribution in [0.5, 0.6) is 0 Å². The van der Waals surface area contributed by atoms with Crippen molar-refractivity contribution in [2.24, 2.45) is 0 Å². The smallest absolute Gasteiger partial charge is 0.0402 e. The summed E-state index contributed by atoms with van der Waals surface area (Å²) in [4.78, 5) is 2.52. The molecule has 1 aromatic rings. The van der Waals surface area contributed by atoms with Gasteiger partial charge in [0.05, 0.1) is 0 Å². The number of hydrogen-bond acceptors (Lipinski definition) is 2. The molecule has 2 heteroatoms. The molecule has 2 rings (SSSR count). The largest absolute Gasteiger partial charge is 0.397 e. The Kier molecular flexibility index (Phi) is 6.05. The van der Waals surface area contributed by atoms with Gasteiger partial charge < -0.3 is 5.11 Å². The molecule has 0 aliphatic carbocycles. The van der Waals surface area contributed by atoms with Gasteiger partial charge in [0.15, 0.2) is 0 Å². The fourth-order valence-electron chi connectivity index (χ4n) is 1.78. The van der Waals surface area contributed by atoms with E-state index in [1.165, 1.54) is 31.5 Å². The first-order valence-corrected chi connectivity index (χ1v) is 5.74. The van der Waals surface area contributed by atoms with E-state index in [2.05, 4.69) is 35.2 Å². The molecule has 0 unspecified atom stereocenters. The fraction of sp³-hybridized carbons (Fsp3) is 0.538. The number of rotatable bonds is 2. The average Bonchev–Trinajstić information content (AvgIpc) is 2.73. The maximum Gasteiger partial charge on any atom is 0.0402 e. The van der Waals surface area contributed by atoms with Crippen LogP contribution in [0.25, 0.3) is 0 Å². The van der Waals surface area contributed by atoms with Gasteiger partial charge >= 0.3 is 0 Å². The molecule has 1 N–H and O–H groups in total. The number of nitrogens with zero attached hydrogens (tertiary/aromatic N) is 1. The quantitative estimate of drug-likeness (QED) is 0.804. The SMILES string of the molecule is CCO.c1ccc(CN2CCCC2)cc1. The number of hydrogen-bond donors (Lipinski definition) is 1. The maximum absolute atomic E-state index is 7.57. The molecule has 0 atom stereocenters. The van der Waals surface area contributed by atoms with E-state index in [4.69, 9.17) is 5.11 Å². The van der Waals surface area contributed by atoms with Crippen molar-refractivity contribution in [3.05, 3.63) is 35.9 Å². The molecule has 0 saturated carbocycles. The number of benzene rings is 1. The van der Waals surface area contributed by atoms with Crippen LogP contribution in [0.2, 0.25) is 0 Å². The van der Waals surface area contributed by atoms with E-state index in [9.17, 15) is 0 Å². The zero-order valence-corrected chi connectivity index (χ0v) is 9.52. The molecule has 0 amide bonds. The summed E-state index contributed by atoms with van der Waals surface area (Å²) in [6.45, 7) is 5.64. The lowest BCUT2D eigenvalue weighted by atomic mass is 10.2.